The van der Waals surface area contributed by atoms with E-state index in [-0.39, 0.29) is 5.56 Å². The third-order valence-electron chi connectivity index (χ3n) is 1.07. The Kier molecular flexibility index (Phi) is 1.85. The third kappa shape index (κ3) is 1.23. The molecule has 0 aliphatic carbocycles. The van der Waals surface area contributed by atoms with Gasteiger partial charge in [0.05, 0.1) is 0 Å². The molecule has 0 aromatic carbocycles. The van der Waals surface area contributed by atoms with Crippen molar-refractivity contribution < 1.29 is 15.0 Å². The van der Waals surface area contributed by atoms with E-state index in [0.717, 1.165) is 6.29 Å². The highest BCUT2D eigenvalue weighted by molar-refractivity contribution is 7.08. The molecular weight excluding hydrogens is 152 g/mol. The van der Waals surface area contributed by atoms with Crippen LogP contribution in [-0.2, 0) is 10.6 Å². The molecule has 10 heavy (non-hydrogen) atoms. The number of thiophene rings is 1. The van der Waals surface area contributed by atoms with E-state index in [1.54, 1.807) is 5.38 Å². The van der Waals surface area contributed by atoms with Crippen LogP contribution in [0.1, 0.15) is 5.56 Å². The molecule has 1 aromatic heterocycles. The first kappa shape index (κ1) is 7.40. The minimum Gasteiger partial charge on any atom is -0.356 e. The van der Waals surface area contributed by atoms with Gasteiger partial charge in [-0.3, -0.25) is 4.79 Å². The molecule has 0 saturated carbocycles. The molecule has 2 N–H and O–H groups in total. The number of aliphatic hydroxyl groups is 2. The van der Waals surface area contributed by atoms with Gasteiger partial charge in [0.2, 0.25) is 0 Å². The van der Waals surface area contributed by atoms with Gasteiger partial charge < -0.3 is 10.2 Å². The fraction of sp³-hybridized carbons (Fsp3) is 0.167. The first-order valence-corrected chi connectivity index (χ1v) is 3.48. The molecule has 0 atom stereocenters. The van der Waals surface area contributed by atoms with Crippen LogP contribution in [0, 0.1) is 0 Å². The van der Waals surface area contributed by atoms with E-state index >= 15 is 0 Å². The third-order valence-corrected chi connectivity index (χ3v) is 1.75. The molecule has 4 heteroatoms. The summed E-state index contributed by atoms with van der Waals surface area (Å²) in [6.45, 7) is 0. The van der Waals surface area contributed by atoms with Crippen molar-refractivity contribution in [3.8, 4) is 0 Å². The lowest BCUT2D eigenvalue weighted by atomic mass is 10.2. The zero-order valence-corrected chi connectivity index (χ0v) is 5.76. The molecule has 1 aromatic rings. The van der Waals surface area contributed by atoms with Crippen LogP contribution in [0.5, 0.6) is 0 Å². The van der Waals surface area contributed by atoms with E-state index in [0.29, 0.717) is 0 Å². The van der Waals surface area contributed by atoms with Gasteiger partial charge in [0.25, 0.3) is 12.1 Å². The normalized spacial score (nSPS) is 11.4. The maximum Gasteiger partial charge on any atom is 0.268 e. The van der Waals surface area contributed by atoms with E-state index in [2.05, 4.69) is 0 Å². The molecule has 53 valence electrons. The average Bonchev–Trinajstić information content (AvgIpc) is 2.38. The van der Waals surface area contributed by atoms with Crippen LogP contribution in [-0.4, -0.2) is 16.5 Å². The van der Waals surface area contributed by atoms with Crippen molar-refractivity contribution in [1.82, 2.24) is 0 Å². The summed E-state index contributed by atoms with van der Waals surface area (Å²) in [5, 5.41) is 20.8. The van der Waals surface area contributed by atoms with Crippen molar-refractivity contribution in [2.24, 2.45) is 0 Å². The lowest BCUT2D eigenvalue weighted by molar-refractivity contribution is -0.106. The summed E-state index contributed by atoms with van der Waals surface area (Å²) in [7, 11) is 0. The Morgan fingerprint density at radius 3 is 2.70 bits per heavy atom. The SMILES string of the molecule is O=[C]C(O)(O)c1ccsc1. The van der Waals surface area contributed by atoms with E-state index in [1.807, 2.05) is 0 Å². The zero-order valence-electron chi connectivity index (χ0n) is 4.94. The summed E-state index contributed by atoms with van der Waals surface area (Å²) in [5.74, 6) is -2.43. The lowest BCUT2D eigenvalue weighted by Crippen LogP contribution is -2.25. The highest BCUT2D eigenvalue weighted by Crippen LogP contribution is 2.17. The van der Waals surface area contributed by atoms with E-state index in [4.69, 9.17) is 10.2 Å². The highest BCUT2D eigenvalue weighted by atomic mass is 32.1. The molecule has 1 radical (unpaired) electrons. The smallest absolute Gasteiger partial charge is 0.268 e. The van der Waals surface area contributed by atoms with Crippen LogP contribution in [0.3, 0.4) is 0 Å². The topological polar surface area (TPSA) is 57.5 Å². The van der Waals surface area contributed by atoms with Crippen molar-refractivity contribution in [3.05, 3.63) is 22.4 Å². The molecule has 0 bridgehead atoms. The molecular formula is C6H5O3S. The summed E-state index contributed by atoms with van der Waals surface area (Å²) in [6.07, 6.45) is 1.11. The maximum atomic E-state index is 9.90. The molecule has 0 amide bonds. The number of rotatable bonds is 2. The predicted molar refractivity (Wildman–Crippen MR) is 36.1 cm³/mol. The molecule has 3 nitrogen and oxygen atoms in total. The van der Waals surface area contributed by atoms with E-state index < -0.39 is 5.79 Å². The standard InChI is InChI=1S/C6H5O3S/c7-4-6(8,9)5-1-2-10-3-5/h1-3,8-9H. The van der Waals surface area contributed by atoms with Gasteiger partial charge in [-0.25, -0.2) is 0 Å². The Labute approximate surface area is 61.6 Å². The molecule has 0 fully saturated rings. The van der Waals surface area contributed by atoms with Crippen LogP contribution in [0.2, 0.25) is 0 Å². The number of hydrogen-bond donors (Lipinski definition) is 2. The molecule has 1 rings (SSSR count). The first-order chi connectivity index (χ1) is 4.67. The second-order valence-corrected chi connectivity index (χ2v) is 2.57. The molecule has 0 aliphatic heterocycles. The van der Waals surface area contributed by atoms with Gasteiger partial charge in [0.15, 0.2) is 0 Å². The van der Waals surface area contributed by atoms with Crippen molar-refractivity contribution in [1.29, 1.82) is 0 Å². The van der Waals surface area contributed by atoms with E-state index in [9.17, 15) is 4.79 Å². The Hall–Kier alpha value is -0.710. The van der Waals surface area contributed by atoms with Gasteiger partial charge in [0, 0.05) is 5.56 Å². The van der Waals surface area contributed by atoms with Gasteiger partial charge in [-0.1, -0.05) is 0 Å². The van der Waals surface area contributed by atoms with Crippen LogP contribution in [0.15, 0.2) is 16.8 Å². The summed E-state index contributed by atoms with van der Waals surface area (Å²) in [5.41, 5.74) is 0.160. The second kappa shape index (κ2) is 2.49. The second-order valence-electron chi connectivity index (χ2n) is 1.79. The molecule has 1 heterocycles. The summed E-state index contributed by atoms with van der Waals surface area (Å²) in [6, 6.07) is 1.45. The fourth-order valence-corrected chi connectivity index (χ4v) is 1.22. The van der Waals surface area contributed by atoms with Gasteiger partial charge in [0.1, 0.15) is 0 Å². The predicted octanol–water partition coefficient (Wildman–Crippen LogP) is -0.00480. The number of hydrogen-bond acceptors (Lipinski definition) is 4. The van der Waals surface area contributed by atoms with Crippen LogP contribution in [0.4, 0.5) is 0 Å². The largest absolute Gasteiger partial charge is 0.356 e. The zero-order chi connectivity index (χ0) is 7.61. The minimum absolute atomic E-state index is 0.160. The molecule has 0 aliphatic rings. The molecule has 0 unspecified atom stereocenters. The number of carbonyl (C=O) groups excluding carboxylic acids is 1. The van der Waals surface area contributed by atoms with Crippen LogP contribution >= 0.6 is 11.3 Å². The Bertz CT molecular complexity index is 215. The minimum atomic E-state index is -2.43. The first-order valence-electron chi connectivity index (χ1n) is 2.53. The van der Waals surface area contributed by atoms with Crippen molar-refractivity contribution in [3.63, 3.8) is 0 Å². The van der Waals surface area contributed by atoms with Crippen LogP contribution in [0.25, 0.3) is 0 Å². The Morgan fingerprint density at radius 1 is 1.60 bits per heavy atom. The Morgan fingerprint density at radius 2 is 2.30 bits per heavy atom. The van der Waals surface area contributed by atoms with Gasteiger partial charge in [-0.05, 0) is 16.8 Å². The van der Waals surface area contributed by atoms with Gasteiger partial charge >= 0.3 is 0 Å². The fourth-order valence-electron chi connectivity index (χ4n) is 0.522. The van der Waals surface area contributed by atoms with Crippen molar-refractivity contribution in [2.75, 3.05) is 0 Å². The van der Waals surface area contributed by atoms with Crippen molar-refractivity contribution >= 4 is 17.6 Å². The average molecular weight is 157 g/mol. The summed E-state index contributed by atoms with van der Waals surface area (Å²) < 4.78 is 0. The quantitative estimate of drug-likeness (QED) is 0.594. The monoisotopic (exact) mass is 157 g/mol. The summed E-state index contributed by atoms with van der Waals surface area (Å²) in [4.78, 5) is 9.90. The van der Waals surface area contributed by atoms with Gasteiger partial charge in [-0.2, -0.15) is 11.3 Å². The van der Waals surface area contributed by atoms with Crippen molar-refractivity contribution in [2.45, 2.75) is 5.79 Å². The van der Waals surface area contributed by atoms with Crippen LogP contribution < -0.4 is 0 Å². The molecule has 0 spiro atoms. The Balaban J connectivity index is 2.95. The maximum absolute atomic E-state index is 9.90. The van der Waals surface area contributed by atoms with E-state index in [1.165, 1.54) is 22.8 Å². The lowest BCUT2D eigenvalue weighted by Gasteiger charge is -2.09. The summed E-state index contributed by atoms with van der Waals surface area (Å²) >= 11 is 1.28. The highest BCUT2D eigenvalue weighted by Gasteiger charge is 2.26. The molecule has 0 saturated heterocycles. The van der Waals surface area contributed by atoms with Gasteiger partial charge in [-0.15, -0.1) is 0 Å².